The SMILES string of the molecule is C=CCOc1ccc(C[C@H](NC(=O)[C@@H](CCC[NH+]=C(N)N)NC(=O)COc2ccc3ccccc3c2-c2c(O)ccc3ccccc23)C(=O)OC)cc1. The predicted octanol–water partition coefficient (Wildman–Crippen LogP) is 2.83. The number of carbonyl (C=O) groups is 3. The van der Waals surface area contributed by atoms with E-state index in [1.54, 1.807) is 42.5 Å². The summed E-state index contributed by atoms with van der Waals surface area (Å²) in [6.45, 7) is 3.89. The average molecular weight is 719 g/mol. The number of esters is 1. The van der Waals surface area contributed by atoms with Gasteiger partial charge in [0.1, 0.15) is 35.9 Å². The van der Waals surface area contributed by atoms with Crippen LogP contribution in [0.2, 0.25) is 0 Å². The number of amides is 2. The van der Waals surface area contributed by atoms with Crippen molar-refractivity contribution in [3.63, 3.8) is 0 Å². The molecule has 53 heavy (non-hydrogen) atoms. The third kappa shape index (κ3) is 9.82. The van der Waals surface area contributed by atoms with E-state index in [9.17, 15) is 19.5 Å². The lowest BCUT2D eigenvalue weighted by Gasteiger charge is -2.23. The number of aromatic hydroxyl groups is 1. The van der Waals surface area contributed by atoms with E-state index in [-0.39, 0.29) is 24.6 Å². The molecule has 274 valence electrons. The zero-order chi connectivity index (χ0) is 37.7. The van der Waals surface area contributed by atoms with E-state index in [1.807, 2.05) is 60.7 Å². The van der Waals surface area contributed by atoms with Crippen molar-refractivity contribution in [2.45, 2.75) is 31.3 Å². The van der Waals surface area contributed by atoms with Gasteiger partial charge in [-0.1, -0.05) is 85.5 Å². The molecule has 0 aliphatic heterocycles. The van der Waals surface area contributed by atoms with Crippen LogP contribution in [0, 0.1) is 0 Å². The first-order valence-electron chi connectivity index (χ1n) is 17.2. The van der Waals surface area contributed by atoms with Crippen LogP contribution in [0.3, 0.4) is 0 Å². The molecule has 8 N–H and O–H groups in total. The van der Waals surface area contributed by atoms with Crippen LogP contribution in [0.5, 0.6) is 17.2 Å². The summed E-state index contributed by atoms with van der Waals surface area (Å²) in [4.78, 5) is 42.8. The lowest BCUT2D eigenvalue weighted by atomic mass is 9.92. The Labute approximate surface area is 307 Å². The minimum Gasteiger partial charge on any atom is -0.507 e. The number of nitrogens with two attached hydrogens (primary N) is 2. The van der Waals surface area contributed by atoms with Gasteiger partial charge < -0.3 is 30.0 Å². The van der Waals surface area contributed by atoms with E-state index in [1.165, 1.54) is 7.11 Å². The van der Waals surface area contributed by atoms with E-state index in [0.29, 0.717) is 42.2 Å². The molecule has 0 bridgehead atoms. The summed E-state index contributed by atoms with van der Waals surface area (Å²) < 4.78 is 16.7. The van der Waals surface area contributed by atoms with Gasteiger partial charge in [-0.3, -0.25) is 26.0 Å². The number of rotatable bonds is 17. The molecule has 0 fully saturated rings. The molecule has 0 saturated heterocycles. The molecule has 0 aliphatic carbocycles. The van der Waals surface area contributed by atoms with Crippen LogP contribution in [0.4, 0.5) is 0 Å². The molecule has 5 aromatic rings. The minimum atomic E-state index is -1.05. The van der Waals surface area contributed by atoms with E-state index in [0.717, 1.165) is 27.1 Å². The number of carbonyl (C=O) groups excluding carboxylic acids is 3. The lowest BCUT2D eigenvalue weighted by molar-refractivity contribution is -0.459. The van der Waals surface area contributed by atoms with Gasteiger partial charge in [0, 0.05) is 17.5 Å². The summed E-state index contributed by atoms with van der Waals surface area (Å²) >= 11 is 0. The van der Waals surface area contributed by atoms with Gasteiger partial charge in [0.05, 0.1) is 13.7 Å². The maximum atomic E-state index is 13.7. The van der Waals surface area contributed by atoms with Crippen LogP contribution < -0.4 is 36.6 Å². The van der Waals surface area contributed by atoms with Crippen molar-refractivity contribution in [2.24, 2.45) is 11.5 Å². The molecule has 0 heterocycles. The summed E-state index contributed by atoms with van der Waals surface area (Å²) in [7, 11) is 1.24. The maximum Gasteiger partial charge on any atom is 0.338 e. The third-order valence-electron chi connectivity index (χ3n) is 8.59. The fourth-order valence-corrected chi connectivity index (χ4v) is 6.06. The van der Waals surface area contributed by atoms with E-state index in [4.69, 9.17) is 25.7 Å². The zero-order valence-electron chi connectivity index (χ0n) is 29.5. The number of guanidine groups is 1. The smallest absolute Gasteiger partial charge is 0.338 e. The molecule has 12 nitrogen and oxygen atoms in total. The highest BCUT2D eigenvalue weighted by Crippen LogP contribution is 2.44. The van der Waals surface area contributed by atoms with Crippen LogP contribution in [-0.4, -0.2) is 67.8 Å². The summed E-state index contributed by atoms with van der Waals surface area (Å²) in [5.41, 5.74) is 13.0. The number of nitrogens with one attached hydrogen (secondary N) is 3. The van der Waals surface area contributed by atoms with Crippen LogP contribution in [0.25, 0.3) is 32.7 Å². The van der Waals surface area contributed by atoms with Gasteiger partial charge >= 0.3 is 11.9 Å². The summed E-state index contributed by atoms with van der Waals surface area (Å²) in [5, 5.41) is 20.2. The molecule has 2 atom stereocenters. The number of benzene rings is 5. The van der Waals surface area contributed by atoms with E-state index in [2.05, 4.69) is 22.2 Å². The van der Waals surface area contributed by atoms with Gasteiger partial charge in [-0.05, 0) is 64.2 Å². The van der Waals surface area contributed by atoms with Crippen LogP contribution in [0.15, 0.2) is 110 Å². The quantitative estimate of drug-likeness (QED) is 0.0276. The molecule has 5 aromatic carbocycles. The monoisotopic (exact) mass is 718 g/mol. The second kappa shape index (κ2) is 18.1. The first kappa shape index (κ1) is 37.7. The summed E-state index contributed by atoms with van der Waals surface area (Å²) in [5.74, 6) is -0.718. The molecular formula is C41H44N5O7+. The second-order valence-electron chi connectivity index (χ2n) is 12.3. The summed E-state index contributed by atoms with van der Waals surface area (Å²) in [6, 6.07) is 27.5. The predicted molar refractivity (Wildman–Crippen MR) is 204 cm³/mol. The maximum absolute atomic E-state index is 13.7. The fraction of sp³-hybridized carbons (Fsp3) is 0.220. The number of ether oxygens (including phenoxy) is 3. The Kier molecular flexibility index (Phi) is 12.9. The van der Waals surface area contributed by atoms with Crippen molar-refractivity contribution in [1.29, 1.82) is 0 Å². The highest BCUT2D eigenvalue weighted by atomic mass is 16.5. The molecule has 0 spiro atoms. The van der Waals surface area contributed by atoms with E-state index >= 15 is 0 Å². The fourth-order valence-electron chi connectivity index (χ4n) is 6.06. The van der Waals surface area contributed by atoms with Crippen LogP contribution in [-0.2, 0) is 25.5 Å². The molecule has 12 heteroatoms. The largest absolute Gasteiger partial charge is 0.507 e. The highest BCUT2D eigenvalue weighted by molar-refractivity contribution is 6.09. The van der Waals surface area contributed by atoms with Crippen molar-refractivity contribution in [2.75, 3.05) is 26.9 Å². The van der Waals surface area contributed by atoms with E-state index < -0.39 is 36.5 Å². The Morgan fingerprint density at radius 1 is 0.830 bits per heavy atom. The van der Waals surface area contributed by atoms with Gasteiger partial charge in [-0.15, -0.1) is 0 Å². The normalized spacial score (nSPS) is 11.9. The highest BCUT2D eigenvalue weighted by Gasteiger charge is 2.28. The Hall–Kier alpha value is -6.56. The molecule has 0 aliphatic rings. The average Bonchev–Trinajstić information content (AvgIpc) is 3.17. The second-order valence-corrected chi connectivity index (χ2v) is 12.3. The van der Waals surface area contributed by atoms with Crippen LogP contribution in [0.1, 0.15) is 18.4 Å². The van der Waals surface area contributed by atoms with Gasteiger partial charge in [0.2, 0.25) is 5.91 Å². The zero-order valence-corrected chi connectivity index (χ0v) is 29.5. The Balaban J connectivity index is 1.36. The van der Waals surface area contributed by atoms with Gasteiger partial charge in [0.15, 0.2) is 6.61 Å². The first-order chi connectivity index (χ1) is 25.7. The van der Waals surface area contributed by atoms with Crippen molar-refractivity contribution >= 4 is 45.3 Å². The number of methoxy groups -OCH3 is 1. The number of hydrogen-bond acceptors (Lipinski definition) is 7. The topological polar surface area (TPSA) is 189 Å². The van der Waals surface area contributed by atoms with Gasteiger partial charge in [-0.25, -0.2) is 4.79 Å². The molecule has 0 saturated carbocycles. The molecule has 2 amide bonds. The number of phenolic OH excluding ortho intramolecular Hbond substituents is 1. The molecule has 5 rings (SSSR count). The molecular weight excluding hydrogens is 674 g/mol. The standard InChI is InChI=1S/C41H43N5O7/c1-3-23-52-29-18-14-26(15-19-29)24-33(40(50)51-2)46-39(49)32(13-8-22-44-41(42)43)45-36(48)25-53-35-21-17-28-10-5-7-12-31(28)38(35)37-30-11-6-4-9-27(30)16-20-34(37)47/h3-7,9-12,14-21,32-33,47H,1,8,13,22-25H2,2H3,(H,45,48)(H,46,49)(H4,42,43,44)/p+1/t32-,33+/m1/s1. The van der Waals surface area contributed by atoms with Gasteiger partial charge in [-0.2, -0.15) is 0 Å². The van der Waals surface area contributed by atoms with Crippen molar-refractivity contribution in [3.05, 3.63) is 115 Å². The number of fused-ring (bicyclic) bond motifs is 2. The Morgan fingerprint density at radius 2 is 1.49 bits per heavy atom. The molecule has 0 aromatic heterocycles. The van der Waals surface area contributed by atoms with Gasteiger partial charge in [0.25, 0.3) is 5.91 Å². The minimum absolute atomic E-state index is 0.0264. The molecule has 0 radical (unpaired) electrons. The number of phenols is 1. The van der Waals surface area contributed by atoms with Crippen molar-refractivity contribution < 1.29 is 38.7 Å². The summed E-state index contributed by atoms with van der Waals surface area (Å²) in [6.07, 6.45) is 2.36. The Bertz CT molecular complexity index is 2110. The Morgan fingerprint density at radius 3 is 2.15 bits per heavy atom. The third-order valence-corrected chi connectivity index (χ3v) is 8.59. The van der Waals surface area contributed by atoms with Crippen LogP contribution >= 0.6 is 0 Å². The van der Waals surface area contributed by atoms with Crippen molar-refractivity contribution in [3.8, 4) is 28.4 Å². The first-order valence-corrected chi connectivity index (χ1v) is 17.2. The molecule has 0 unspecified atom stereocenters. The van der Waals surface area contributed by atoms with Crippen molar-refractivity contribution in [1.82, 2.24) is 10.6 Å². The lowest BCUT2D eigenvalue weighted by Crippen LogP contribution is -2.78. The number of hydrogen-bond donors (Lipinski definition) is 6.